The molecule has 0 aromatic heterocycles. The lowest BCUT2D eigenvalue weighted by Gasteiger charge is -2.45. The van der Waals surface area contributed by atoms with Gasteiger partial charge < -0.3 is 5.11 Å². The van der Waals surface area contributed by atoms with E-state index in [1.165, 1.54) is 4.90 Å². The minimum absolute atomic E-state index is 0.370. The number of carboxylic acids is 1. The molecule has 0 spiro atoms. The van der Waals surface area contributed by atoms with Gasteiger partial charge in [0.05, 0.1) is 11.6 Å². The first-order chi connectivity index (χ1) is 16.6. The first-order valence-corrected chi connectivity index (χ1v) is 12.1. The average Bonchev–Trinajstić information content (AvgIpc) is 3.25. The van der Waals surface area contributed by atoms with Gasteiger partial charge in [0.2, 0.25) is 0 Å². The van der Waals surface area contributed by atoms with Crippen molar-refractivity contribution in [2.24, 2.45) is 0 Å². The summed E-state index contributed by atoms with van der Waals surface area (Å²) < 4.78 is 67.1. The fourth-order valence-electron chi connectivity index (χ4n) is 4.74. The molecule has 1 heterocycles. The Balaban J connectivity index is 1.94. The number of alkyl halides is 3. The van der Waals surface area contributed by atoms with Crippen LogP contribution in [-0.4, -0.2) is 48.6 Å². The predicted octanol–water partition coefficient (Wildman–Crippen LogP) is 4.37. The fraction of sp³-hybridized carbons (Fsp3) is 0.240. The SMILES string of the molecule is O=C(O)[C@@H]1CC(OS(=O)(=O)C(F)(F)F)CN1C(c1ccccc1)(c1ccccc1)c1ccccc1. The molecular weight excluding hydrogens is 483 g/mol. The minimum atomic E-state index is -5.91. The third-order valence-electron chi connectivity index (χ3n) is 6.10. The van der Waals surface area contributed by atoms with Gasteiger partial charge in [-0.15, -0.1) is 0 Å². The van der Waals surface area contributed by atoms with E-state index in [2.05, 4.69) is 4.18 Å². The number of carbonyl (C=O) groups is 1. The Hall–Kier alpha value is -3.21. The summed E-state index contributed by atoms with van der Waals surface area (Å²) in [7, 11) is -5.91. The second-order valence-corrected chi connectivity index (χ2v) is 9.73. The molecule has 10 heteroatoms. The topological polar surface area (TPSA) is 83.9 Å². The smallest absolute Gasteiger partial charge is 0.480 e. The molecule has 1 aliphatic heterocycles. The Morgan fingerprint density at radius 3 is 1.57 bits per heavy atom. The summed E-state index contributed by atoms with van der Waals surface area (Å²) in [6, 6.07) is 25.6. The van der Waals surface area contributed by atoms with Crippen molar-refractivity contribution in [3.8, 4) is 0 Å². The molecule has 1 aliphatic rings. The van der Waals surface area contributed by atoms with E-state index in [0.29, 0.717) is 16.7 Å². The first kappa shape index (κ1) is 24.9. The number of nitrogens with zero attached hydrogens (tertiary/aromatic N) is 1. The molecule has 1 unspecified atom stereocenters. The van der Waals surface area contributed by atoms with E-state index in [1.807, 2.05) is 0 Å². The van der Waals surface area contributed by atoms with Crippen LogP contribution in [0.25, 0.3) is 0 Å². The van der Waals surface area contributed by atoms with Crippen molar-refractivity contribution in [2.45, 2.75) is 29.6 Å². The van der Waals surface area contributed by atoms with Gasteiger partial charge in [-0.1, -0.05) is 91.0 Å². The summed E-state index contributed by atoms with van der Waals surface area (Å²) in [5.41, 5.74) is -4.87. The highest BCUT2D eigenvalue weighted by Crippen LogP contribution is 2.46. The number of hydrogen-bond acceptors (Lipinski definition) is 5. The van der Waals surface area contributed by atoms with Crippen molar-refractivity contribution in [1.29, 1.82) is 0 Å². The molecule has 2 atom stereocenters. The van der Waals surface area contributed by atoms with E-state index in [0.717, 1.165) is 0 Å². The van der Waals surface area contributed by atoms with Crippen molar-refractivity contribution in [2.75, 3.05) is 6.54 Å². The Morgan fingerprint density at radius 2 is 1.23 bits per heavy atom. The maximum Gasteiger partial charge on any atom is 0.523 e. The molecular formula is C25H22F3NO5S. The van der Waals surface area contributed by atoms with E-state index < -0.39 is 45.7 Å². The molecule has 0 bridgehead atoms. The van der Waals surface area contributed by atoms with Crippen LogP contribution in [0.1, 0.15) is 23.1 Å². The van der Waals surface area contributed by atoms with E-state index in [9.17, 15) is 31.5 Å². The second kappa shape index (κ2) is 9.44. The summed E-state index contributed by atoms with van der Waals surface area (Å²) in [4.78, 5) is 13.9. The van der Waals surface area contributed by atoms with Gasteiger partial charge in [-0.3, -0.25) is 13.9 Å². The summed E-state index contributed by atoms with van der Waals surface area (Å²) in [6.45, 7) is -0.370. The second-order valence-electron chi connectivity index (χ2n) is 8.17. The van der Waals surface area contributed by atoms with Crippen LogP contribution in [0, 0.1) is 0 Å². The van der Waals surface area contributed by atoms with Crippen molar-refractivity contribution >= 4 is 16.1 Å². The highest BCUT2D eigenvalue weighted by Gasteiger charge is 2.55. The number of rotatable bonds is 7. The monoisotopic (exact) mass is 505 g/mol. The largest absolute Gasteiger partial charge is 0.523 e. The third kappa shape index (κ3) is 4.56. The number of benzene rings is 3. The van der Waals surface area contributed by atoms with Crippen molar-refractivity contribution < 1.29 is 35.7 Å². The zero-order chi connectivity index (χ0) is 25.3. The van der Waals surface area contributed by atoms with Crippen LogP contribution in [0.2, 0.25) is 0 Å². The molecule has 1 saturated heterocycles. The van der Waals surface area contributed by atoms with Gasteiger partial charge in [-0.2, -0.15) is 21.6 Å². The Labute approximate surface area is 200 Å². The molecule has 0 saturated carbocycles. The Morgan fingerprint density at radius 1 is 0.829 bits per heavy atom. The molecule has 0 aliphatic carbocycles. The van der Waals surface area contributed by atoms with Crippen molar-refractivity contribution in [3.05, 3.63) is 108 Å². The summed E-state index contributed by atoms with van der Waals surface area (Å²) in [5, 5.41) is 10.1. The molecule has 1 fully saturated rings. The van der Waals surface area contributed by atoms with Crippen molar-refractivity contribution in [3.63, 3.8) is 0 Å². The molecule has 184 valence electrons. The van der Waals surface area contributed by atoms with Gasteiger partial charge in [-0.25, -0.2) is 0 Å². The molecule has 6 nitrogen and oxygen atoms in total. The maximum absolute atomic E-state index is 13.0. The lowest BCUT2D eigenvalue weighted by Crippen LogP contribution is -2.53. The first-order valence-electron chi connectivity index (χ1n) is 10.7. The fourth-order valence-corrected chi connectivity index (χ4v) is 5.35. The summed E-state index contributed by atoms with van der Waals surface area (Å²) >= 11 is 0. The minimum Gasteiger partial charge on any atom is -0.480 e. The summed E-state index contributed by atoms with van der Waals surface area (Å²) in [6.07, 6.45) is -1.96. The van der Waals surface area contributed by atoms with Crippen LogP contribution in [0.5, 0.6) is 0 Å². The van der Waals surface area contributed by atoms with Crippen LogP contribution in [-0.2, 0) is 24.6 Å². The molecule has 35 heavy (non-hydrogen) atoms. The molecule has 0 radical (unpaired) electrons. The van der Waals surface area contributed by atoms with Gasteiger partial charge in [0.15, 0.2) is 0 Å². The number of halogens is 3. The van der Waals surface area contributed by atoms with Gasteiger partial charge in [0.1, 0.15) is 6.04 Å². The van der Waals surface area contributed by atoms with E-state index in [4.69, 9.17) is 0 Å². The Kier molecular flexibility index (Phi) is 6.72. The van der Waals surface area contributed by atoms with Crippen LogP contribution < -0.4 is 0 Å². The van der Waals surface area contributed by atoms with Crippen LogP contribution in [0.15, 0.2) is 91.0 Å². The number of aliphatic carboxylic acids is 1. The van der Waals surface area contributed by atoms with Gasteiger partial charge in [-0.05, 0) is 16.7 Å². The summed E-state index contributed by atoms with van der Waals surface area (Å²) in [5.74, 6) is -1.30. The lowest BCUT2D eigenvalue weighted by molar-refractivity contribution is -0.143. The maximum atomic E-state index is 13.0. The average molecular weight is 506 g/mol. The van der Waals surface area contributed by atoms with Gasteiger partial charge >= 0.3 is 21.6 Å². The zero-order valence-electron chi connectivity index (χ0n) is 18.3. The zero-order valence-corrected chi connectivity index (χ0v) is 19.1. The predicted molar refractivity (Wildman–Crippen MR) is 122 cm³/mol. The molecule has 3 aromatic rings. The highest BCUT2D eigenvalue weighted by atomic mass is 32.2. The van der Waals surface area contributed by atoms with Gasteiger partial charge in [0, 0.05) is 13.0 Å². The standard InChI is InChI=1S/C25H22F3NO5S/c26-25(27,28)35(32,33)34-21-16-22(23(30)31)29(17-21)24(18-10-4-1-5-11-18,19-12-6-2-7-13-19)20-14-8-3-9-15-20/h1-15,21-22H,16-17H2,(H,30,31)/t21?,22-/m0/s1. The van der Waals surface area contributed by atoms with E-state index in [-0.39, 0.29) is 6.54 Å². The van der Waals surface area contributed by atoms with E-state index in [1.54, 1.807) is 91.0 Å². The van der Waals surface area contributed by atoms with Crippen LogP contribution in [0.3, 0.4) is 0 Å². The van der Waals surface area contributed by atoms with E-state index >= 15 is 0 Å². The van der Waals surface area contributed by atoms with Crippen LogP contribution >= 0.6 is 0 Å². The Bertz CT molecular complexity index is 1170. The van der Waals surface area contributed by atoms with Crippen molar-refractivity contribution in [1.82, 2.24) is 4.90 Å². The molecule has 4 rings (SSSR count). The normalized spacial score (nSPS) is 19.5. The van der Waals surface area contributed by atoms with Gasteiger partial charge in [0.25, 0.3) is 0 Å². The number of hydrogen-bond donors (Lipinski definition) is 1. The number of likely N-dealkylation sites (tertiary alicyclic amines) is 1. The highest BCUT2D eigenvalue weighted by molar-refractivity contribution is 7.87. The molecule has 3 aromatic carbocycles. The molecule has 0 amide bonds. The quantitative estimate of drug-likeness (QED) is 0.292. The number of carboxylic acid groups (broad SMARTS) is 1. The molecule has 1 N–H and O–H groups in total. The lowest BCUT2D eigenvalue weighted by atomic mass is 9.75. The van der Waals surface area contributed by atoms with Crippen LogP contribution in [0.4, 0.5) is 13.2 Å². The third-order valence-corrected chi connectivity index (χ3v) is 7.19.